The van der Waals surface area contributed by atoms with Gasteiger partial charge in [-0.05, 0) is 67.5 Å². The molecule has 1 saturated heterocycles. The van der Waals surface area contributed by atoms with Crippen molar-refractivity contribution >= 4 is 34.5 Å². The second kappa shape index (κ2) is 15.1. The minimum absolute atomic E-state index is 0.0692. The Hall–Kier alpha value is -4.28. The number of likely N-dealkylation sites (tertiary alicyclic amines) is 1. The minimum Gasteiger partial charge on any atom is -0.389 e. The highest BCUT2D eigenvalue weighted by atomic mass is 32.1. The van der Waals surface area contributed by atoms with Gasteiger partial charge in [0, 0.05) is 68.3 Å². The molecule has 5 rings (SSSR count). The summed E-state index contributed by atoms with van der Waals surface area (Å²) in [7, 11) is 5.70. The largest absolute Gasteiger partial charge is 0.389 e. The van der Waals surface area contributed by atoms with Gasteiger partial charge >= 0.3 is 0 Å². The molecular formula is C37H46N6O3S. The molecule has 9 nitrogen and oxygen atoms in total. The second-order valence-corrected chi connectivity index (χ2v) is 13.9. The number of anilines is 2. The molecule has 0 aliphatic carbocycles. The van der Waals surface area contributed by atoms with Crippen LogP contribution in [0.3, 0.4) is 0 Å². The van der Waals surface area contributed by atoms with Crippen LogP contribution in [-0.4, -0.2) is 78.2 Å². The number of nitrogens with one attached hydrogen (secondary N) is 1. The summed E-state index contributed by atoms with van der Waals surface area (Å²) in [5.41, 5.74) is 5.54. The third kappa shape index (κ3) is 8.36. The zero-order valence-corrected chi connectivity index (χ0v) is 29.0. The number of amides is 2. The monoisotopic (exact) mass is 654 g/mol. The number of aliphatic hydroxyl groups excluding tert-OH is 1. The first kappa shape index (κ1) is 34.1. The molecule has 1 aliphatic rings. The second-order valence-electron chi connectivity index (χ2n) is 13.0. The molecule has 2 aromatic carbocycles. The maximum Gasteiger partial charge on any atom is 0.254 e. The summed E-state index contributed by atoms with van der Waals surface area (Å²) in [5.74, 6) is -0.131. The lowest BCUT2D eigenvalue weighted by atomic mass is 9.99. The van der Waals surface area contributed by atoms with Crippen molar-refractivity contribution in [2.24, 2.45) is 0 Å². The van der Waals surface area contributed by atoms with Crippen LogP contribution in [0.5, 0.6) is 0 Å². The van der Waals surface area contributed by atoms with Crippen molar-refractivity contribution in [3.63, 3.8) is 0 Å². The molecule has 0 spiro atoms. The van der Waals surface area contributed by atoms with Crippen molar-refractivity contribution in [3.05, 3.63) is 105 Å². The van der Waals surface area contributed by atoms with Crippen molar-refractivity contribution in [3.8, 4) is 0 Å². The Kier molecular flexibility index (Phi) is 10.9. The van der Waals surface area contributed by atoms with E-state index in [9.17, 15) is 14.7 Å². The highest BCUT2D eigenvalue weighted by molar-refractivity contribution is 7.09. The van der Waals surface area contributed by atoms with Gasteiger partial charge in [-0.25, -0.2) is 4.98 Å². The van der Waals surface area contributed by atoms with Gasteiger partial charge in [0.2, 0.25) is 0 Å². The molecule has 0 unspecified atom stereocenters. The predicted molar refractivity (Wildman–Crippen MR) is 190 cm³/mol. The van der Waals surface area contributed by atoms with Gasteiger partial charge in [0.1, 0.15) is 5.01 Å². The molecule has 1 aliphatic heterocycles. The van der Waals surface area contributed by atoms with E-state index in [-0.39, 0.29) is 24.4 Å². The first-order valence-corrected chi connectivity index (χ1v) is 17.1. The molecule has 2 N–H and O–H groups in total. The Balaban J connectivity index is 1.39. The number of carbonyl (C=O) groups excluding carboxylic acids is 2. The Morgan fingerprint density at radius 2 is 1.79 bits per heavy atom. The SMILES string of the molecule is Cc1csc([C@H]2CCCN2C(=O)c2cc(C(=O)N[C@@H](Cc3ccccc3)[C@H](O)CN(C)c3cncc(C(C)C)c3)cc(N(C)C)c2)n1. The fourth-order valence-corrected chi connectivity index (χ4v) is 6.91. The normalized spacial score (nSPS) is 15.8. The molecule has 4 aromatic rings. The first-order valence-electron chi connectivity index (χ1n) is 16.2. The molecule has 10 heteroatoms. The summed E-state index contributed by atoms with van der Waals surface area (Å²) in [4.78, 5) is 42.8. The van der Waals surface area contributed by atoms with Gasteiger partial charge in [-0.3, -0.25) is 14.6 Å². The number of pyridine rings is 1. The molecule has 2 amide bonds. The van der Waals surface area contributed by atoms with E-state index >= 15 is 0 Å². The van der Waals surface area contributed by atoms with Gasteiger partial charge in [-0.2, -0.15) is 0 Å². The summed E-state index contributed by atoms with van der Waals surface area (Å²) in [6.07, 6.45) is 4.97. The van der Waals surface area contributed by atoms with E-state index in [2.05, 4.69) is 35.2 Å². The van der Waals surface area contributed by atoms with Crippen LogP contribution < -0.4 is 15.1 Å². The van der Waals surface area contributed by atoms with E-state index in [4.69, 9.17) is 0 Å². The van der Waals surface area contributed by atoms with E-state index in [1.165, 1.54) is 0 Å². The summed E-state index contributed by atoms with van der Waals surface area (Å²) < 4.78 is 0. The maximum atomic E-state index is 14.0. The number of rotatable bonds is 12. The van der Waals surface area contributed by atoms with Crippen LogP contribution in [0.1, 0.15) is 81.2 Å². The fraction of sp³-hybridized carbons (Fsp3) is 0.405. The first-order chi connectivity index (χ1) is 22.5. The topological polar surface area (TPSA) is 102 Å². The quantitative estimate of drug-likeness (QED) is 0.198. The summed E-state index contributed by atoms with van der Waals surface area (Å²) in [6, 6.07) is 16.6. The van der Waals surface area contributed by atoms with E-state index in [1.807, 2.05) is 90.7 Å². The highest BCUT2D eigenvalue weighted by Crippen LogP contribution is 2.35. The number of aryl methyl sites for hydroxylation is 1. The standard InChI is InChI=1S/C37H46N6O3S/c1-24(2)29-19-31(21-38-20-29)42(6)22-34(44)32(15-26-11-8-7-9-12-26)40-35(45)27-16-28(18-30(17-27)41(4)5)37(46)43-14-10-13-33(43)36-39-25(3)23-47-36/h7-9,11-12,16-21,23-24,32-34,44H,10,13-15,22H2,1-6H3,(H,40,45)/t32-,33+,34+/m0/s1. The Bertz CT molecular complexity index is 1670. The zero-order valence-electron chi connectivity index (χ0n) is 28.2. The lowest BCUT2D eigenvalue weighted by Gasteiger charge is -2.29. The molecule has 248 valence electrons. The van der Waals surface area contributed by atoms with Crippen molar-refractivity contribution in [2.45, 2.75) is 64.1 Å². The molecular weight excluding hydrogens is 609 g/mol. The van der Waals surface area contributed by atoms with Crippen LogP contribution in [0.25, 0.3) is 0 Å². The maximum absolute atomic E-state index is 14.0. The van der Waals surface area contributed by atoms with Crippen molar-refractivity contribution in [1.82, 2.24) is 20.2 Å². The van der Waals surface area contributed by atoms with Gasteiger partial charge in [-0.15, -0.1) is 11.3 Å². The molecule has 3 atom stereocenters. The van der Waals surface area contributed by atoms with Crippen LogP contribution in [0, 0.1) is 6.92 Å². The summed E-state index contributed by atoms with van der Waals surface area (Å²) >= 11 is 1.59. The van der Waals surface area contributed by atoms with E-state index in [0.29, 0.717) is 30.0 Å². The molecule has 1 fully saturated rings. The number of likely N-dealkylation sites (N-methyl/N-ethyl adjacent to an activating group) is 1. The Morgan fingerprint density at radius 3 is 2.47 bits per heavy atom. The van der Waals surface area contributed by atoms with Gasteiger partial charge in [0.15, 0.2) is 0 Å². The van der Waals surface area contributed by atoms with Crippen LogP contribution in [0.4, 0.5) is 11.4 Å². The lowest BCUT2D eigenvalue weighted by Crippen LogP contribution is -2.49. The number of benzene rings is 2. The van der Waals surface area contributed by atoms with Gasteiger partial charge in [-0.1, -0.05) is 44.2 Å². The molecule has 0 radical (unpaired) electrons. The minimum atomic E-state index is -0.892. The Labute approximate surface area is 282 Å². The number of nitrogens with zero attached hydrogens (tertiary/aromatic N) is 5. The number of aromatic nitrogens is 2. The summed E-state index contributed by atoms with van der Waals surface area (Å²) in [5, 5.41) is 17.7. The number of hydrogen-bond acceptors (Lipinski definition) is 8. The van der Waals surface area contributed by atoms with E-state index in [1.54, 1.807) is 29.7 Å². The van der Waals surface area contributed by atoms with Crippen molar-refractivity contribution in [2.75, 3.05) is 44.0 Å². The molecule has 0 bridgehead atoms. The lowest BCUT2D eigenvalue weighted by molar-refractivity contribution is 0.0735. The molecule has 3 heterocycles. The molecule has 0 saturated carbocycles. The summed E-state index contributed by atoms with van der Waals surface area (Å²) in [6.45, 7) is 7.14. The van der Waals surface area contributed by atoms with Crippen LogP contribution >= 0.6 is 11.3 Å². The predicted octanol–water partition coefficient (Wildman–Crippen LogP) is 5.85. The van der Waals surface area contributed by atoms with Crippen molar-refractivity contribution < 1.29 is 14.7 Å². The van der Waals surface area contributed by atoms with E-state index < -0.39 is 12.1 Å². The zero-order chi connectivity index (χ0) is 33.7. The highest BCUT2D eigenvalue weighted by Gasteiger charge is 2.33. The third-order valence-electron chi connectivity index (χ3n) is 8.77. The smallest absolute Gasteiger partial charge is 0.254 e. The number of thiazole rings is 1. The van der Waals surface area contributed by atoms with Gasteiger partial charge < -0.3 is 25.1 Å². The third-order valence-corrected chi connectivity index (χ3v) is 9.84. The number of carbonyl (C=O) groups is 2. The average Bonchev–Trinajstić information content (AvgIpc) is 3.73. The fourth-order valence-electron chi connectivity index (χ4n) is 5.97. The van der Waals surface area contributed by atoms with Gasteiger partial charge in [0.25, 0.3) is 11.8 Å². The van der Waals surface area contributed by atoms with E-state index in [0.717, 1.165) is 46.0 Å². The Morgan fingerprint density at radius 1 is 1.04 bits per heavy atom. The average molecular weight is 655 g/mol. The van der Waals surface area contributed by atoms with Gasteiger partial charge in [0.05, 0.1) is 30.1 Å². The van der Waals surface area contributed by atoms with Crippen LogP contribution in [0.2, 0.25) is 0 Å². The van der Waals surface area contributed by atoms with Crippen molar-refractivity contribution in [1.29, 1.82) is 0 Å². The van der Waals surface area contributed by atoms with Crippen LogP contribution in [0.15, 0.2) is 72.4 Å². The number of aliphatic hydroxyl groups is 1. The number of hydrogen-bond donors (Lipinski definition) is 2. The van der Waals surface area contributed by atoms with Crippen LogP contribution in [-0.2, 0) is 6.42 Å². The molecule has 47 heavy (non-hydrogen) atoms. The molecule has 2 aromatic heterocycles.